The molecule has 2 aromatic rings. The molecule has 0 radical (unpaired) electrons. The molecule has 2 heterocycles. The summed E-state index contributed by atoms with van der Waals surface area (Å²) in [6.45, 7) is 3.11. The minimum absolute atomic E-state index is 0.0498. The number of benzene rings is 1. The highest BCUT2D eigenvalue weighted by atomic mass is 16.5. The minimum atomic E-state index is -0.999. The van der Waals surface area contributed by atoms with Gasteiger partial charge in [0.25, 0.3) is 0 Å². The molecule has 1 aromatic carbocycles. The van der Waals surface area contributed by atoms with E-state index in [2.05, 4.69) is 0 Å². The third kappa shape index (κ3) is 3.09. The summed E-state index contributed by atoms with van der Waals surface area (Å²) in [5.41, 5.74) is 1.10. The van der Waals surface area contributed by atoms with Crippen molar-refractivity contribution in [1.29, 1.82) is 0 Å². The second-order valence-corrected chi connectivity index (χ2v) is 5.54. The molecule has 1 unspecified atom stereocenters. The first-order chi connectivity index (χ1) is 11.1. The molecule has 2 N–H and O–H groups in total. The monoisotopic (exact) mass is 317 g/mol. The average Bonchev–Trinajstić information content (AvgIpc) is 2.80. The lowest BCUT2D eigenvalue weighted by Crippen LogP contribution is -2.31. The van der Waals surface area contributed by atoms with Gasteiger partial charge >= 0.3 is 5.97 Å². The van der Waals surface area contributed by atoms with E-state index < -0.39 is 5.97 Å². The number of carboxylic acid groups (broad SMARTS) is 1. The van der Waals surface area contributed by atoms with Gasteiger partial charge in [-0.25, -0.2) is 4.79 Å². The second-order valence-electron chi connectivity index (χ2n) is 5.54. The van der Waals surface area contributed by atoms with Gasteiger partial charge in [-0.2, -0.15) is 0 Å². The fourth-order valence-corrected chi connectivity index (χ4v) is 2.95. The molecule has 1 aliphatic heterocycles. The predicted octanol–water partition coefficient (Wildman–Crippen LogP) is 2.21. The molecule has 122 valence electrons. The number of carboxylic acids is 1. The van der Waals surface area contributed by atoms with Crippen LogP contribution in [0.5, 0.6) is 5.75 Å². The summed E-state index contributed by atoms with van der Waals surface area (Å²) in [6, 6.07) is 8.97. The Morgan fingerprint density at radius 3 is 2.87 bits per heavy atom. The van der Waals surface area contributed by atoms with Crippen molar-refractivity contribution in [3.63, 3.8) is 0 Å². The topological polar surface area (TPSA) is 83.1 Å². The number of aliphatic hydroxyl groups excluding tert-OH is 1. The smallest absolute Gasteiger partial charge is 0.339 e. The quantitative estimate of drug-likeness (QED) is 0.899. The van der Waals surface area contributed by atoms with Crippen LogP contribution in [0.15, 0.2) is 34.7 Å². The molecule has 1 aliphatic rings. The minimum Gasteiger partial charge on any atom is -0.492 e. The normalized spacial score (nSPS) is 18.1. The SMILES string of the molecule is Cc1oc(CN2CCOc3ccccc3C2CO)cc1C(=O)O. The van der Waals surface area contributed by atoms with Gasteiger partial charge in [0.15, 0.2) is 0 Å². The van der Waals surface area contributed by atoms with Crippen LogP contribution in [0.1, 0.15) is 33.5 Å². The van der Waals surface area contributed by atoms with Crippen molar-refractivity contribution in [2.45, 2.75) is 19.5 Å². The van der Waals surface area contributed by atoms with Crippen LogP contribution in [-0.4, -0.2) is 40.8 Å². The summed E-state index contributed by atoms with van der Waals surface area (Å²) in [5.74, 6) is 0.730. The maximum absolute atomic E-state index is 11.1. The van der Waals surface area contributed by atoms with Gasteiger partial charge in [0.05, 0.1) is 19.2 Å². The van der Waals surface area contributed by atoms with E-state index in [1.165, 1.54) is 0 Å². The lowest BCUT2D eigenvalue weighted by atomic mass is 10.0. The molecular formula is C17H19NO5. The molecule has 0 amide bonds. The van der Waals surface area contributed by atoms with E-state index in [0.29, 0.717) is 31.2 Å². The summed E-state index contributed by atoms with van der Waals surface area (Å²) in [6.07, 6.45) is 0. The molecule has 1 atom stereocenters. The van der Waals surface area contributed by atoms with Gasteiger partial charge < -0.3 is 19.4 Å². The van der Waals surface area contributed by atoms with Crippen LogP contribution in [0.3, 0.4) is 0 Å². The van der Waals surface area contributed by atoms with E-state index in [1.807, 2.05) is 29.2 Å². The zero-order valence-corrected chi connectivity index (χ0v) is 12.9. The molecule has 0 saturated heterocycles. The van der Waals surface area contributed by atoms with Crippen molar-refractivity contribution in [1.82, 2.24) is 4.90 Å². The first-order valence-electron chi connectivity index (χ1n) is 7.49. The van der Waals surface area contributed by atoms with E-state index in [0.717, 1.165) is 11.3 Å². The summed E-state index contributed by atoms with van der Waals surface area (Å²) in [7, 11) is 0. The predicted molar refractivity (Wildman–Crippen MR) is 82.6 cm³/mol. The number of nitrogens with zero attached hydrogens (tertiary/aromatic N) is 1. The third-order valence-electron chi connectivity index (χ3n) is 4.09. The number of hydrogen-bond donors (Lipinski definition) is 2. The Bertz CT molecular complexity index is 709. The third-order valence-corrected chi connectivity index (χ3v) is 4.09. The Kier molecular flexibility index (Phi) is 4.36. The maximum atomic E-state index is 11.1. The van der Waals surface area contributed by atoms with Crippen molar-refractivity contribution >= 4 is 5.97 Å². The highest BCUT2D eigenvalue weighted by Gasteiger charge is 2.27. The van der Waals surface area contributed by atoms with Gasteiger partial charge in [-0.3, -0.25) is 4.90 Å². The second kappa shape index (κ2) is 6.44. The Balaban J connectivity index is 1.87. The molecule has 0 saturated carbocycles. The number of aromatic carboxylic acids is 1. The summed E-state index contributed by atoms with van der Waals surface area (Å²) < 4.78 is 11.3. The average molecular weight is 317 g/mol. The molecule has 3 rings (SSSR count). The van der Waals surface area contributed by atoms with Crippen LogP contribution in [0.25, 0.3) is 0 Å². The lowest BCUT2D eigenvalue weighted by molar-refractivity contribution is 0.0695. The Morgan fingerprint density at radius 1 is 1.39 bits per heavy atom. The number of hydrogen-bond acceptors (Lipinski definition) is 5. The van der Waals surface area contributed by atoms with E-state index >= 15 is 0 Å². The van der Waals surface area contributed by atoms with E-state index in [-0.39, 0.29) is 18.2 Å². The number of rotatable bonds is 4. The van der Waals surface area contributed by atoms with Gasteiger partial charge in [-0.15, -0.1) is 0 Å². The number of fused-ring (bicyclic) bond motifs is 1. The summed E-state index contributed by atoms with van der Waals surface area (Å²) in [5, 5.41) is 19.0. The first kappa shape index (κ1) is 15.6. The van der Waals surface area contributed by atoms with Gasteiger partial charge in [-0.1, -0.05) is 18.2 Å². The number of ether oxygens (including phenoxy) is 1. The number of para-hydroxylation sites is 1. The zero-order chi connectivity index (χ0) is 16.4. The van der Waals surface area contributed by atoms with Gasteiger partial charge in [0.2, 0.25) is 0 Å². The van der Waals surface area contributed by atoms with Crippen LogP contribution < -0.4 is 4.74 Å². The molecule has 23 heavy (non-hydrogen) atoms. The van der Waals surface area contributed by atoms with Gasteiger partial charge in [0.1, 0.15) is 29.4 Å². The zero-order valence-electron chi connectivity index (χ0n) is 12.9. The van der Waals surface area contributed by atoms with Crippen LogP contribution in [-0.2, 0) is 6.54 Å². The van der Waals surface area contributed by atoms with Crippen molar-refractivity contribution < 1.29 is 24.2 Å². The van der Waals surface area contributed by atoms with Crippen molar-refractivity contribution in [3.05, 3.63) is 53.0 Å². The number of furan rings is 1. The van der Waals surface area contributed by atoms with E-state index in [1.54, 1.807) is 13.0 Å². The van der Waals surface area contributed by atoms with E-state index in [9.17, 15) is 9.90 Å². The molecule has 6 nitrogen and oxygen atoms in total. The lowest BCUT2D eigenvalue weighted by Gasteiger charge is -2.27. The standard InChI is InChI=1S/C17H19NO5/c1-11-14(17(20)21)8-12(23-11)9-18-6-7-22-16-5-3-2-4-13(16)15(18)10-19/h2-5,8,15,19H,6-7,9-10H2,1H3,(H,20,21). The van der Waals surface area contributed by atoms with Gasteiger partial charge in [0, 0.05) is 12.1 Å². The Labute approximate surface area is 133 Å². The van der Waals surface area contributed by atoms with Crippen LogP contribution in [0, 0.1) is 6.92 Å². The van der Waals surface area contributed by atoms with Crippen LogP contribution >= 0.6 is 0 Å². The highest BCUT2D eigenvalue weighted by molar-refractivity contribution is 5.88. The highest BCUT2D eigenvalue weighted by Crippen LogP contribution is 2.32. The molecule has 0 spiro atoms. The molecular weight excluding hydrogens is 298 g/mol. The Morgan fingerprint density at radius 2 is 2.17 bits per heavy atom. The van der Waals surface area contributed by atoms with Crippen molar-refractivity contribution in [2.24, 2.45) is 0 Å². The largest absolute Gasteiger partial charge is 0.492 e. The van der Waals surface area contributed by atoms with Crippen molar-refractivity contribution in [3.8, 4) is 5.75 Å². The fourth-order valence-electron chi connectivity index (χ4n) is 2.95. The number of aryl methyl sites for hydroxylation is 1. The summed E-state index contributed by atoms with van der Waals surface area (Å²) in [4.78, 5) is 13.2. The molecule has 6 heteroatoms. The summed E-state index contributed by atoms with van der Waals surface area (Å²) >= 11 is 0. The van der Waals surface area contributed by atoms with Gasteiger partial charge in [-0.05, 0) is 19.1 Å². The number of carbonyl (C=O) groups is 1. The molecule has 0 aliphatic carbocycles. The number of aliphatic hydroxyl groups is 1. The van der Waals surface area contributed by atoms with E-state index in [4.69, 9.17) is 14.3 Å². The molecule has 0 fully saturated rings. The van der Waals surface area contributed by atoms with Crippen LogP contribution in [0.4, 0.5) is 0 Å². The Hall–Kier alpha value is -2.31. The van der Waals surface area contributed by atoms with Crippen LogP contribution in [0.2, 0.25) is 0 Å². The van der Waals surface area contributed by atoms with Crippen molar-refractivity contribution in [2.75, 3.05) is 19.8 Å². The first-order valence-corrected chi connectivity index (χ1v) is 7.49. The fraction of sp³-hybridized carbons (Fsp3) is 0.353. The molecule has 0 bridgehead atoms. The molecule has 1 aromatic heterocycles. The maximum Gasteiger partial charge on any atom is 0.339 e.